The normalized spacial score (nSPS) is 11.3. The zero-order valence-corrected chi connectivity index (χ0v) is 19.7. The lowest BCUT2D eigenvalue weighted by Gasteiger charge is -2.24. The first-order valence-corrected chi connectivity index (χ1v) is 11.2. The van der Waals surface area contributed by atoms with E-state index in [1.54, 1.807) is 0 Å². The van der Waals surface area contributed by atoms with Crippen LogP contribution < -0.4 is 10.2 Å². The lowest BCUT2D eigenvalue weighted by atomic mass is 10.2. The Morgan fingerprint density at radius 1 is 1.20 bits per heavy atom. The molecule has 0 radical (unpaired) electrons. The van der Waals surface area contributed by atoms with Crippen LogP contribution in [0, 0.1) is 0 Å². The van der Waals surface area contributed by atoms with E-state index < -0.39 is 0 Å². The minimum atomic E-state index is -0.0634. The van der Waals surface area contributed by atoms with Crippen molar-refractivity contribution in [1.82, 2.24) is 19.6 Å². The zero-order chi connectivity index (χ0) is 21.7. The molecule has 3 aromatic rings. The number of halogens is 1. The van der Waals surface area contributed by atoms with Crippen LogP contribution in [0.5, 0.6) is 0 Å². The third-order valence-corrected chi connectivity index (χ3v) is 5.54. The molecule has 0 unspecified atom stereocenters. The Hall–Kier alpha value is -2.38. The summed E-state index contributed by atoms with van der Waals surface area (Å²) in [5.41, 5.74) is 3.76. The van der Waals surface area contributed by atoms with Gasteiger partial charge in [0.25, 0.3) is 5.91 Å². The number of imidazole rings is 1. The number of hydrogen-bond acceptors (Lipinski definition) is 4. The van der Waals surface area contributed by atoms with E-state index in [0.717, 1.165) is 47.7 Å². The van der Waals surface area contributed by atoms with Gasteiger partial charge in [-0.1, -0.05) is 35.0 Å². The maximum Gasteiger partial charge on any atom is 0.252 e. The Morgan fingerprint density at radius 3 is 2.67 bits per heavy atom. The molecule has 7 heteroatoms. The summed E-state index contributed by atoms with van der Waals surface area (Å²) in [5, 5.41) is 2.99. The molecule has 3 rings (SSSR count). The second-order valence-corrected chi connectivity index (χ2v) is 8.50. The number of benzene rings is 1. The van der Waals surface area contributed by atoms with E-state index in [-0.39, 0.29) is 5.91 Å². The van der Waals surface area contributed by atoms with Gasteiger partial charge in [-0.05, 0) is 57.3 Å². The molecular formula is C23H30BrN5O. The van der Waals surface area contributed by atoms with Crippen molar-refractivity contribution >= 4 is 33.3 Å². The van der Waals surface area contributed by atoms with E-state index in [4.69, 9.17) is 4.98 Å². The highest BCUT2D eigenvalue weighted by Crippen LogP contribution is 2.26. The fourth-order valence-electron chi connectivity index (χ4n) is 3.47. The minimum Gasteiger partial charge on any atom is -0.352 e. The molecule has 0 saturated heterocycles. The predicted molar refractivity (Wildman–Crippen MR) is 126 cm³/mol. The number of amides is 1. The molecule has 0 bridgehead atoms. The molecule has 1 aromatic carbocycles. The van der Waals surface area contributed by atoms with Crippen LogP contribution in [-0.4, -0.2) is 53.9 Å². The van der Waals surface area contributed by atoms with Gasteiger partial charge >= 0.3 is 0 Å². The van der Waals surface area contributed by atoms with Crippen LogP contribution in [0.25, 0.3) is 5.65 Å². The van der Waals surface area contributed by atoms with E-state index in [0.29, 0.717) is 12.1 Å². The van der Waals surface area contributed by atoms with Gasteiger partial charge in [0, 0.05) is 36.8 Å². The van der Waals surface area contributed by atoms with Crippen molar-refractivity contribution in [2.75, 3.05) is 38.6 Å². The van der Waals surface area contributed by atoms with E-state index in [2.05, 4.69) is 62.6 Å². The zero-order valence-electron chi connectivity index (χ0n) is 18.2. The number of likely N-dealkylation sites (N-methyl/N-ethyl adjacent to an activating group) is 1. The van der Waals surface area contributed by atoms with Crippen LogP contribution in [0.15, 0.2) is 47.1 Å². The van der Waals surface area contributed by atoms with Gasteiger partial charge in [-0.3, -0.25) is 9.20 Å². The first-order valence-electron chi connectivity index (χ1n) is 10.4. The van der Waals surface area contributed by atoms with E-state index in [1.165, 1.54) is 5.56 Å². The highest BCUT2D eigenvalue weighted by molar-refractivity contribution is 9.10. The molecule has 0 spiro atoms. The fourth-order valence-corrected chi connectivity index (χ4v) is 3.92. The largest absolute Gasteiger partial charge is 0.352 e. The molecule has 30 heavy (non-hydrogen) atoms. The first kappa shape index (κ1) is 22.3. The second kappa shape index (κ2) is 10.1. The summed E-state index contributed by atoms with van der Waals surface area (Å²) in [6, 6.07) is 12.1. The van der Waals surface area contributed by atoms with Crippen molar-refractivity contribution in [3.05, 3.63) is 63.9 Å². The third-order valence-electron chi connectivity index (χ3n) is 5.05. The van der Waals surface area contributed by atoms with Gasteiger partial charge in [0.1, 0.15) is 11.5 Å². The second-order valence-electron chi connectivity index (χ2n) is 7.58. The average Bonchev–Trinajstić information content (AvgIpc) is 3.09. The SMILES string of the molecule is CCc1nc2ccc(C(=O)NCCN(C)C)cn2c1N(CC)Cc1cccc(Br)c1. The number of aryl methyl sites for hydroxylation is 1. The van der Waals surface area contributed by atoms with Gasteiger partial charge in [0.2, 0.25) is 0 Å². The third kappa shape index (κ3) is 5.21. The van der Waals surface area contributed by atoms with Crippen LogP contribution in [0.1, 0.15) is 35.5 Å². The van der Waals surface area contributed by atoms with Crippen LogP contribution in [0.4, 0.5) is 5.82 Å². The predicted octanol–water partition coefficient (Wildman–Crippen LogP) is 3.98. The molecule has 0 aliphatic rings. The van der Waals surface area contributed by atoms with Gasteiger partial charge in [0.15, 0.2) is 0 Å². The Morgan fingerprint density at radius 2 is 2.00 bits per heavy atom. The number of anilines is 1. The maximum atomic E-state index is 12.6. The number of fused-ring (bicyclic) bond motifs is 1. The molecule has 160 valence electrons. The fraction of sp³-hybridized carbons (Fsp3) is 0.391. The molecule has 0 aliphatic carbocycles. The summed E-state index contributed by atoms with van der Waals surface area (Å²) in [6.45, 7) is 7.30. The lowest BCUT2D eigenvalue weighted by molar-refractivity contribution is 0.0950. The van der Waals surface area contributed by atoms with Gasteiger partial charge in [-0.15, -0.1) is 0 Å². The first-order chi connectivity index (χ1) is 14.4. The lowest BCUT2D eigenvalue weighted by Crippen LogP contribution is -2.31. The number of carbonyl (C=O) groups excluding carboxylic acids is 1. The number of nitrogens with zero attached hydrogens (tertiary/aromatic N) is 4. The molecule has 0 atom stereocenters. The Kier molecular flexibility index (Phi) is 7.50. The van der Waals surface area contributed by atoms with Crippen molar-refractivity contribution in [1.29, 1.82) is 0 Å². The quantitative estimate of drug-likeness (QED) is 0.512. The van der Waals surface area contributed by atoms with E-state index in [9.17, 15) is 4.79 Å². The smallest absolute Gasteiger partial charge is 0.252 e. The van der Waals surface area contributed by atoms with Crippen molar-refractivity contribution in [3.63, 3.8) is 0 Å². The summed E-state index contributed by atoms with van der Waals surface area (Å²) >= 11 is 3.56. The number of aromatic nitrogens is 2. The van der Waals surface area contributed by atoms with Crippen LogP contribution >= 0.6 is 15.9 Å². The molecule has 0 fully saturated rings. The molecule has 2 heterocycles. The Bertz CT molecular complexity index is 1010. The van der Waals surface area contributed by atoms with E-state index in [1.807, 2.05) is 43.4 Å². The number of rotatable bonds is 9. The number of nitrogens with one attached hydrogen (secondary N) is 1. The molecular weight excluding hydrogens is 442 g/mol. The Balaban J connectivity index is 1.94. The molecule has 6 nitrogen and oxygen atoms in total. The summed E-state index contributed by atoms with van der Waals surface area (Å²) < 4.78 is 3.13. The standard InChI is InChI=1S/C23H30BrN5O/c1-5-20-23(28(6-2)15-17-8-7-9-19(24)14-17)29-16-18(10-11-21(29)26-20)22(30)25-12-13-27(3)4/h7-11,14,16H,5-6,12-13,15H2,1-4H3,(H,25,30). The van der Waals surface area contributed by atoms with Crippen molar-refractivity contribution in [3.8, 4) is 0 Å². The van der Waals surface area contributed by atoms with Crippen LogP contribution in [0.2, 0.25) is 0 Å². The Labute approximate surface area is 187 Å². The van der Waals surface area contributed by atoms with Gasteiger partial charge in [-0.25, -0.2) is 4.98 Å². The summed E-state index contributed by atoms with van der Waals surface area (Å²) in [6.07, 6.45) is 2.74. The van der Waals surface area contributed by atoms with Gasteiger partial charge in [-0.2, -0.15) is 0 Å². The highest BCUT2D eigenvalue weighted by atomic mass is 79.9. The highest BCUT2D eigenvalue weighted by Gasteiger charge is 2.18. The number of carbonyl (C=O) groups is 1. The van der Waals surface area contributed by atoms with Gasteiger partial charge < -0.3 is 15.1 Å². The van der Waals surface area contributed by atoms with Crippen molar-refractivity contribution in [2.45, 2.75) is 26.8 Å². The van der Waals surface area contributed by atoms with E-state index >= 15 is 0 Å². The number of pyridine rings is 1. The molecule has 0 aliphatic heterocycles. The van der Waals surface area contributed by atoms with Crippen LogP contribution in [-0.2, 0) is 13.0 Å². The van der Waals surface area contributed by atoms with Gasteiger partial charge in [0.05, 0.1) is 11.3 Å². The summed E-state index contributed by atoms with van der Waals surface area (Å²) in [7, 11) is 3.99. The maximum absolute atomic E-state index is 12.6. The molecule has 2 aromatic heterocycles. The monoisotopic (exact) mass is 471 g/mol. The molecule has 1 amide bonds. The van der Waals surface area contributed by atoms with Crippen molar-refractivity contribution in [2.24, 2.45) is 0 Å². The summed E-state index contributed by atoms with van der Waals surface area (Å²) in [5.74, 6) is 0.990. The molecule has 0 saturated carbocycles. The average molecular weight is 472 g/mol. The van der Waals surface area contributed by atoms with Crippen LogP contribution in [0.3, 0.4) is 0 Å². The molecule has 1 N–H and O–H groups in total. The minimum absolute atomic E-state index is 0.0634. The number of hydrogen-bond donors (Lipinski definition) is 1. The summed E-state index contributed by atoms with van der Waals surface area (Å²) in [4.78, 5) is 21.8. The van der Waals surface area contributed by atoms with Crippen molar-refractivity contribution < 1.29 is 4.79 Å². The topological polar surface area (TPSA) is 52.9 Å².